The van der Waals surface area contributed by atoms with Crippen LogP contribution in [0.25, 0.3) is 0 Å². The molecule has 0 atom stereocenters. The smallest absolute Gasteiger partial charge is 0.410 e. The Balaban J connectivity index is 1.39. The van der Waals surface area contributed by atoms with Crippen molar-refractivity contribution in [3.63, 3.8) is 0 Å². The molecule has 132 valence electrons. The van der Waals surface area contributed by atoms with E-state index in [-0.39, 0.29) is 6.09 Å². The Labute approximate surface area is 153 Å². The predicted octanol–water partition coefficient (Wildman–Crippen LogP) is 4.20. The number of ether oxygens (including phenoxy) is 1. The number of halogens is 1. The summed E-state index contributed by atoms with van der Waals surface area (Å²) < 4.78 is 5.39. The summed E-state index contributed by atoms with van der Waals surface area (Å²) >= 11 is 6.05. The van der Waals surface area contributed by atoms with E-state index in [0.29, 0.717) is 17.7 Å². The average Bonchev–Trinajstić information content (AvgIpc) is 2.67. The average molecular weight is 360 g/mol. The van der Waals surface area contributed by atoms with E-state index < -0.39 is 0 Å². The lowest BCUT2D eigenvalue weighted by atomic mass is 9.97. The number of hydrogen-bond acceptors (Lipinski definition) is 4. The zero-order chi connectivity index (χ0) is 17.5. The van der Waals surface area contributed by atoms with Crippen LogP contribution in [0.1, 0.15) is 18.4 Å². The minimum absolute atomic E-state index is 0.231. The number of rotatable bonds is 5. The summed E-state index contributed by atoms with van der Waals surface area (Å²) in [5.41, 5.74) is 1.86. The van der Waals surface area contributed by atoms with Crippen molar-refractivity contribution in [2.45, 2.75) is 19.4 Å². The molecule has 0 saturated carbocycles. The molecule has 0 unspecified atom stereocenters. The molecule has 5 nitrogen and oxygen atoms in total. The van der Waals surface area contributed by atoms with Gasteiger partial charge in [0.05, 0.1) is 5.69 Å². The molecule has 0 bridgehead atoms. The van der Waals surface area contributed by atoms with Gasteiger partial charge in [-0.15, -0.1) is 0 Å². The van der Waals surface area contributed by atoms with Crippen LogP contribution in [0, 0.1) is 5.92 Å². The summed E-state index contributed by atoms with van der Waals surface area (Å²) in [6.07, 6.45) is 3.34. The van der Waals surface area contributed by atoms with Gasteiger partial charge in [-0.3, -0.25) is 0 Å². The van der Waals surface area contributed by atoms with Gasteiger partial charge < -0.3 is 15.0 Å². The second-order valence-electron chi connectivity index (χ2n) is 6.19. The summed E-state index contributed by atoms with van der Waals surface area (Å²) in [4.78, 5) is 18.0. The molecule has 6 heteroatoms. The van der Waals surface area contributed by atoms with Crippen molar-refractivity contribution in [2.24, 2.45) is 5.92 Å². The zero-order valence-corrected chi connectivity index (χ0v) is 14.8. The summed E-state index contributed by atoms with van der Waals surface area (Å²) in [7, 11) is 0. The number of pyridine rings is 1. The second-order valence-corrected chi connectivity index (χ2v) is 6.55. The van der Waals surface area contributed by atoms with Crippen molar-refractivity contribution in [1.29, 1.82) is 0 Å². The van der Waals surface area contributed by atoms with Gasteiger partial charge in [0.1, 0.15) is 6.61 Å². The first-order chi connectivity index (χ1) is 12.2. The number of piperidine rings is 1. The molecule has 1 N–H and O–H groups in total. The molecule has 0 spiro atoms. The molecule has 1 saturated heterocycles. The third kappa shape index (κ3) is 5.10. The minimum Gasteiger partial charge on any atom is -0.445 e. The maximum Gasteiger partial charge on any atom is 0.410 e. The molecule has 1 aromatic carbocycles. The van der Waals surface area contributed by atoms with Gasteiger partial charge in [-0.05, 0) is 36.5 Å². The Morgan fingerprint density at radius 3 is 2.68 bits per heavy atom. The van der Waals surface area contributed by atoms with E-state index in [1.165, 1.54) is 0 Å². The van der Waals surface area contributed by atoms with Crippen molar-refractivity contribution in [2.75, 3.05) is 25.0 Å². The number of nitrogens with one attached hydrogen (secondary N) is 1. The number of nitrogens with zero attached hydrogens (tertiary/aromatic N) is 2. The van der Waals surface area contributed by atoms with E-state index in [1.54, 1.807) is 11.1 Å². The van der Waals surface area contributed by atoms with Crippen LogP contribution in [0.15, 0.2) is 48.7 Å². The van der Waals surface area contributed by atoms with E-state index in [1.807, 2.05) is 42.5 Å². The van der Waals surface area contributed by atoms with Crippen molar-refractivity contribution in [3.8, 4) is 0 Å². The molecule has 1 aliphatic rings. The standard InChI is InChI=1S/C19H22ClN3O2/c20-18-17(7-4-10-21-18)22-13-15-8-11-23(12-9-15)19(24)25-14-16-5-2-1-3-6-16/h1-7,10,15,22H,8-9,11-14H2. The zero-order valence-electron chi connectivity index (χ0n) is 14.0. The van der Waals surface area contributed by atoms with Crippen LogP contribution < -0.4 is 5.32 Å². The predicted molar refractivity (Wildman–Crippen MR) is 98.7 cm³/mol. The number of likely N-dealkylation sites (tertiary alicyclic amines) is 1. The largest absolute Gasteiger partial charge is 0.445 e. The van der Waals surface area contributed by atoms with E-state index in [0.717, 1.165) is 43.7 Å². The highest BCUT2D eigenvalue weighted by Gasteiger charge is 2.23. The SMILES string of the molecule is O=C(OCc1ccccc1)N1CCC(CNc2cccnc2Cl)CC1. The van der Waals surface area contributed by atoms with Crippen molar-refractivity contribution >= 4 is 23.4 Å². The van der Waals surface area contributed by atoms with E-state index in [2.05, 4.69) is 10.3 Å². The number of aromatic nitrogens is 1. The maximum absolute atomic E-state index is 12.2. The highest BCUT2D eigenvalue weighted by molar-refractivity contribution is 6.31. The molecule has 2 heterocycles. The fourth-order valence-corrected chi connectivity index (χ4v) is 3.09. The molecule has 2 aromatic rings. The number of benzene rings is 1. The van der Waals surface area contributed by atoms with Gasteiger partial charge in [0, 0.05) is 25.8 Å². The van der Waals surface area contributed by atoms with E-state index in [9.17, 15) is 4.79 Å². The lowest BCUT2D eigenvalue weighted by Crippen LogP contribution is -2.40. The van der Waals surface area contributed by atoms with Crippen LogP contribution in [0.2, 0.25) is 5.15 Å². The quantitative estimate of drug-likeness (QED) is 0.813. The summed E-state index contributed by atoms with van der Waals surface area (Å²) in [5.74, 6) is 0.509. The Kier molecular flexibility index (Phi) is 6.12. The Hall–Kier alpha value is -2.27. The molecular weight excluding hydrogens is 338 g/mol. The second kappa shape index (κ2) is 8.72. The molecule has 25 heavy (non-hydrogen) atoms. The van der Waals surface area contributed by atoms with Crippen molar-refractivity contribution in [1.82, 2.24) is 9.88 Å². The summed E-state index contributed by atoms with van der Waals surface area (Å²) in [6, 6.07) is 13.5. The molecule has 1 amide bonds. The van der Waals surface area contributed by atoms with Crippen LogP contribution in [0.3, 0.4) is 0 Å². The van der Waals surface area contributed by atoms with Crippen LogP contribution in [0.5, 0.6) is 0 Å². The number of hydrogen-bond donors (Lipinski definition) is 1. The molecule has 1 aliphatic heterocycles. The number of amides is 1. The molecule has 3 rings (SSSR count). The fraction of sp³-hybridized carbons (Fsp3) is 0.368. The van der Waals surface area contributed by atoms with Gasteiger partial charge in [0.2, 0.25) is 0 Å². The Morgan fingerprint density at radius 1 is 1.20 bits per heavy atom. The van der Waals surface area contributed by atoms with Crippen molar-refractivity contribution in [3.05, 3.63) is 59.4 Å². The first kappa shape index (κ1) is 17.5. The maximum atomic E-state index is 12.2. The van der Waals surface area contributed by atoms with Crippen LogP contribution in [0.4, 0.5) is 10.5 Å². The highest BCUT2D eigenvalue weighted by atomic mass is 35.5. The number of carbonyl (C=O) groups excluding carboxylic acids is 1. The van der Waals surface area contributed by atoms with Gasteiger partial charge in [-0.1, -0.05) is 41.9 Å². The van der Waals surface area contributed by atoms with Gasteiger partial charge in [-0.2, -0.15) is 0 Å². The molecule has 0 aliphatic carbocycles. The highest BCUT2D eigenvalue weighted by Crippen LogP contribution is 2.22. The van der Waals surface area contributed by atoms with Gasteiger partial charge in [0.15, 0.2) is 5.15 Å². The minimum atomic E-state index is -0.231. The lowest BCUT2D eigenvalue weighted by molar-refractivity contribution is 0.0832. The fourth-order valence-electron chi connectivity index (χ4n) is 2.90. The molecule has 1 fully saturated rings. The van der Waals surface area contributed by atoms with Gasteiger partial charge in [-0.25, -0.2) is 9.78 Å². The van der Waals surface area contributed by atoms with Gasteiger partial charge >= 0.3 is 6.09 Å². The first-order valence-electron chi connectivity index (χ1n) is 8.52. The van der Waals surface area contributed by atoms with E-state index in [4.69, 9.17) is 16.3 Å². The number of anilines is 1. The van der Waals surface area contributed by atoms with Crippen LogP contribution >= 0.6 is 11.6 Å². The third-order valence-electron chi connectivity index (χ3n) is 4.42. The van der Waals surface area contributed by atoms with Crippen molar-refractivity contribution < 1.29 is 9.53 Å². The first-order valence-corrected chi connectivity index (χ1v) is 8.90. The molecule has 1 aromatic heterocycles. The third-order valence-corrected chi connectivity index (χ3v) is 4.72. The van der Waals surface area contributed by atoms with Crippen LogP contribution in [-0.4, -0.2) is 35.6 Å². The Bertz CT molecular complexity index is 688. The Morgan fingerprint density at radius 2 is 1.96 bits per heavy atom. The topological polar surface area (TPSA) is 54.5 Å². The molecule has 0 radical (unpaired) electrons. The summed E-state index contributed by atoms with van der Waals surface area (Å²) in [6.45, 7) is 2.60. The monoisotopic (exact) mass is 359 g/mol. The van der Waals surface area contributed by atoms with Crippen LogP contribution in [-0.2, 0) is 11.3 Å². The van der Waals surface area contributed by atoms with E-state index >= 15 is 0 Å². The number of carbonyl (C=O) groups is 1. The lowest BCUT2D eigenvalue weighted by Gasteiger charge is -2.31. The normalized spacial score (nSPS) is 15.0. The summed E-state index contributed by atoms with van der Waals surface area (Å²) in [5, 5.41) is 3.83. The van der Waals surface area contributed by atoms with Gasteiger partial charge in [0.25, 0.3) is 0 Å². The molecular formula is C19H22ClN3O2.